The molecule has 2 aromatic rings. The van der Waals surface area contributed by atoms with Gasteiger partial charge in [-0.2, -0.15) is 0 Å². The SMILES string of the molecule is CCOC(C)(C)CNC(=O)c1sc2cccc(F)c2c1N. The van der Waals surface area contributed by atoms with Crippen LogP contribution in [0.4, 0.5) is 10.1 Å². The van der Waals surface area contributed by atoms with Crippen LogP contribution in [-0.4, -0.2) is 24.7 Å². The highest BCUT2D eigenvalue weighted by Gasteiger charge is 2.22. The summed E-state index contributed by atoms with van der Waals surface area (Å²) in [5.74, 6) is -0.712. The van der Waals surface area contributed by atoms with Crippen LogP contribution in [0.25, 0.3) is 10.1 Å². The Morgan fingerprint density at radius 2 is 2.19 bits per heavy atom. The van der Waals surface area contributed by atoms with Crippen molar-refractivity contribution in [1.29, 1.82) is 0 Å². The quantitative estimate of drug-likeness (QED) is 0.891. The number of thiophene rings is 1. The van der Waals surface area contributed by atoms with Crippen LogP contribution < -0.4 is 11.1 Å². The molecule has 0 atom stereocenters. The van der Waals surface area contributed by atoms with Crippen molar-refractivity contribution in [3.63, 3.8) is 0 Å². The summed E-state index contributed by atoms with van der Waals surface area (Å²) in [6.45, 7) is 6.61. The van der Waals surface area contributed by atoms with E-state index >= 15 is 0 Å². The zero-order valence-electron chi connectivity index (χ0n) is 12.3. The van der Waals surface area contributed by atoms with E-state index in [0.717, 1.165) is 0 Å². The molecule has 114 valence electrons. The highest BCUT2D eigenvalue weighted by Crippen LogP contribution is 2.35. The second kappa shape index (κ2) is 5.99. The molecule has 6 heteroatoms. The fraction of sp³-hybridized carbons (Fsp3) is 0.400. The Bertz CT molecular complexity index is 667. The summed E-state index contributed by atoms with van der Waals surface area (Å²) in [6.07, 6.45) is 0. The fourth-order valence-corrected chi connectivity index (χ4v) is 3.17. The van der Waals surface area contributed by atoms with E-state index in [4.69, 9.17) is 10.5 Å². The molecule has 0 saturated carbocycles. The van der Waals surface area contributed by atoms with Crippen LogP contribution in [0.15, 0.2) is 18.2 Å². The van der Waals surface area contributed by atoms with Gasteiger partial charge in [-0.15, -0.1) is 11.3 Å². The molecule has 1 amide bonds. The second-order valence-electron chi connectivity index (χ2n) is 5.33. The average molecular weight is 310 g/mol. The molecule has 0 bridgehead atoms. The number of amides is 1. The molecular formula is C15H19FN2O2S. The van der Waals surface area contributed by atoms with Gasteiger partial charge in [0.1, 0.15) is 10.7 Å². The molecule has 0 aliphatic heterocycles. The number of anilines is 1. The summed E-state index contributed by atoms with van der Waals surface area (Å²) in [5, 5.41) is 3.11. The van der Waals surface area contributed by atoms with E-state index in [1.54, 1.807) is 12.1 Å². The van der Waals surface area contributed by atoms with Gasteiger partial charge in [-0.3, -0.25) is 4.79 Å². The highest BCUT2D eigenvalue weighted by atomic mass is 32.1. The van der Waals surface area contributed by atoms with Gasteiger partial charge >= 0.3 is 0 Å². The zero-order valence-corrected chi connectivity index (χ0v) is 13.1. The fourth-order valence-electron chi connectivity index (χ4n) is 2.11. The molecule has 1 aromatic carbocycles. The van der Waals surface area contributed by atoms with Crippen molar-refractivity contribution in [1.82, 2.24) is 5.32 Å². The summed E-state index contributed by atoms with van der Waals surface area (Å²) in [7, 11) is 0. The number of nitrogens with one attached hydrogen (secondary N) is 1. The molecule has 4 nitrogen and oxygen atoms in total. The summed E-state index contributed by atoms with van der Waals surface area (Å²) in [5.41, 5.74) is 5.65. The van der Waals surface area contributed by atoms with Crippen molar-refractivity contribution in [2.75, 3.05) is 18.9 Å². The first kappa shape index (κ1) is 15.7. The zero-order chi connectivity index (χ0) is 15.6. The minimum Gasteiger partial charge on any atom is -0.397 e. The molecule has 1 heterocycles. The topological polar surface area (TPSA) is 64.3 Å². The van der Waals surface area contributed by atoms with E-state index in [1.807, 2.05) is 20.8 Å². The molecule has 0 saturated heterocycles. The molecule has 1 aromatic heterocycles. The number of benzene rings is 1. The van der Waals surface area contributed by atoms with Crippen LogP contribution in [0.2, 0.25) is 0 Å². The monoisotopic (exact) mass is 310 g/mol. The lowest BCUT2D eigenvalue weighted by atomic mass is 10.1. The first-order valence-electron chi connectivity index (χ1n) is 6.74. The van der Waals surface area contributed by atoms with E-state index in [0.29, 0.717) is 28.1 Å². The Hall–Kier alpha value is -1.66. The van der Waals surface area contributed by atoms with Gasteiger partial charge in [-0.25, -0.2) is 4.39 Å². The van der Waals surface area contributed by atoms with Gasteiger partial charge in [0.15, 0.2) is 0 Å². The third-order valence-corrected chi connectivity index (χ3v) is 4.29. The third-order valence-electron chi connectivity index (χ3n) is 3.12. The first-order valence-corrected chi connectivity index (χ1v) is 7.56. The van der Waals surface area contributed by atoms with Crippen LogP contribution in [-0.2, 0) is 4.74 Å². The standard InChI is InChI=1S/C15H19FN2O2S/c1-4-20-15(2,3)8-18-14(19)13-12(17)11-9(16)6-5-7-10(11)21-13/h5-7H,4,8,17H2,1-3H3,(H,18,19). The minimum absolute atomic E-state index is 0.194. The van der Waals surface area contributed by atoms with Gasteiger partial charge in [0, 0.05) is 17.9 Å². The Labute approximate surface area is 127 Å². The maximum absolute atomic E-state index is 13.8. The van der Waals surface area contributed by atoms with Crippen LogP contribution in [0.1, 0.15) is 30.4 Å². The summed E-state index contributed by atoms with van der Waals surface area (Å²) < 4.78 is 20.0. The van der Waals surface area contributed by atoms with Gasteiger partial charge in [0.25, 0.3) is 5.91 Å². The van der Waals surface area contributed by atoms with Crippen molar-refractivity contribution < 1.29 is 13.9 Å². The number of nitrogens with two attached hydrogens (primary N) is 1. The normalized spacial score (nSPS) is 11.8. The first-order chi connectivity index (χ1) is 9.85. The minimum atomic E-state index is -0.457. The predicted octanol–water partition coefficient (Wildman–Crippen LogP) is 3.17. The van der Waals surface area contributed by atoms with Gasteiger partial charge < -0.3 is 15.8 Å². The molecular weight excluding hydrogens is 291 g/mol. The lowest BCUT2D eigenvalue weighted by molar-refractivity contribution is -0.00812. The van der Waals surface area contributed by atoms with E-state index in [9.17, 15) is 9.18 Å². The molecule has 0 spiro atoms. The number of fused-ring (bicyclic) bond motifs is 1. The number of ether oxygens (including phenoxy) is 1. The third kappa shape index (κ3) is 3.33. The van der Waals surface area contributed by atoms with Crippen molar-refractivity contribution >= 4 is 33.0 Å². The molecule has 0 aliphatic carbocycles. The number of carbonyl (C=O) groups is 1. The number of carbonyl (C=O) groups excluding carboxylic acids is 1. The largest absolute Gasteiger partial charge is 0.397 e. The van der Waals surface area contributed by atoms with Crippen molar-refractivity contribution in [2.45, 2.75) is 26.4 Å². The summed E-state index contributed by atoms with van der Waals surface area (Å²) in [4.78, 5) is 12.6. The van der Waals surface area contributed by atoms with Crippen molar-refractivity contribution in [3.8, 4) is 0 Å². The van der Waals surface area contributed by atoms with Gasteiger partial charge in [-0.05, 0) is 32.9 Å². The van der Waals surface area contributed by atoms with Crippen LogP contribution >= 0.6 is 11.3 Å². The van der Waals surface area contributed by atoms with Crippen molar-refractivity contribution in [2.24, 2.45) is 0 Å². The Morgan fingerprint density at radius 1 is 1.48 bits per heavy atom. The molecule has 0 radical (unpaired) electrons. The highest BCUT2D eigenvalue weighted by molar-refractivity contribution is 7.21. The summed E-state index contributed by atoms with van der Waals surface area (Å²) in [6, 6.07) is 4.69. The van der Waals surface area contributed by atoms with Crippen LogP contribution in [0.3, 0.4) is 0 Å². The predicted molar refractivity (Wildman–Crippen MR) is 84.2 cm³/mol. The van der Waals surface area contributed by atoms with E-state index in [1.165, 1.54) is 17.4 Å². The Morgan fingerprint density at radius 3 is 2.81 bits per heavy atom. The van der Waals surface area contributed by atoms with Crippen LogP contribution in [0, 0.1) is 5.82 Å². The maximum Gasteiger partial charge on any atom is 0.263 e. The molecule has 3 N–H and O–H groups in total. The summed E-state index contributed by atoms with van der Waals surface area (Å²) >= 11 is 1.19. The molecule has 0 unspecified atom stereocenters. The number of halogens is 1. The lowest BCUT2D eigenvalue weighted by Gasteiger charge is -2.24. The number of hydrogen-bond acceptors (Lipinski definition) is 4. The van der Waals surface area contributed by atoms with E-state index < -0.39 is 11.4 Å². The smallest absolute Gasteiger partial charge is 0.263 e. The second-order valence-corrected chi connectivity index (χ2v) is 6.39. The molecule has 0 aliphatic rings. The lowest BCUT2D eigenvalue weighted by Crippen LogP contribution is -2.40. The molecule has 2 rings (SSSR count). The van der Waals surface area contributed by atoms with E-state index in [2.05, 4.69) is 5.32 Å². The number of nitrogen functional groups attached to an aromatic ring is 1. The van der Waals surface area contributed by atoms with E-state index in [-0.39, 0.29) is 11.6 Å². The van der Waals surface area contributed by atoms with Gasteiger partial charge in [0.05, 0.1) is 16.7 Å². The van der Waals surface area contributed by atoms with Gasteiger partial charge in [-0.1, -0.05) is 6.07 Å². The van der Waals surface area contributed by atoms with Crippen molar-refractivity contribution in [3.05, 3.63) is 28.9 Å². The average Bonchev–Trinajstić information content (AvgIpc) is 2.75. The molecule has 0 fully saturated rings. The van der Waals surface area contributed by atoms with Gasteiger partial charge in [0.2, 0.25) is 0 Å². The number of hydrogen-bond donors (Lipinski definition) is 2. The number of rotatable bonds is 5. The maximum atomic E-state index is 13.8. The van der Waals surface area contributed by atoms with Crippen LogP contribution in [0.5, 0.6) is 0 Å². The Kier molecular flexibility index (Phi) is 4.49. The molecule has 21 heavy (non-hydrogen) atoms. The Balaban J connectivity index is 2.21.